The molecule has 4 heteroatoms. The molecule has 18 heavy (non-hydrogen) atoms. The topological polar surface area (TPSA) is 30.5 Å². The SMILES string of the molecule is CCNC(COC)Cc1cc(Br)cc2c1OCC2. The number of rotatable bonds is 6. The fourth-order valence-corrected chi connectivity index (χ4v) is 3.00. The van der Waals surface area contributed by atoms with Crippen LogP contribution >= 0.6 is 15.9 Å². The molecule has 0 saturated carbocycles. The molecule has 0 spiro atoms. The minimum Gasteiger partial charge on any atom is -0.493 e. The monoisotopic (exact) mass is 313 g/mol. The Bertz CT molecular complexity index is 403. The zero-order valence-electron chi connectivity index (χ0n) is 11.0. The molecule has 0 aromatic heterocycles. The van der Waals surface area contributed by atoms with E-state index in [-0.39, 0.29) is 0 Å². The van der Waals surface area contributed by atoms with E-state index < -0.39 is 0 Å². The van der Waals surface area contributed by atoms with Crippen molar-refractivity contribution in [3.05, 3.63) is 27.7 Å². The van der Waals surface area contributed by atoms with E-state index in [0.29, 0.717) is 6.04 Å². The van der Waals surface area contributed by atoms with Gasteiger partial charge >= 0.3 is 0 Å². The third-order valence-electron chi connectivity index (χ3n) is 3.15. The lowest BCUT2D eigenvalue weighted by atomic mass is 10.0. The molecule has 1 aromatic carbocycles. The minimum absolute atomic E-state index is 0.336. The zero-order chi connectivity index (χ0) is 13.0. The molecule has 1 aromatic rings. The Balaban J connectivity index is 2.17. The van der Waals surface area contributed by atoms with Crippen LogP contribution in [0, 0.1) is 0 Å². The van der Waals surface area contributed by atoms with Crippen LogP contribution in [-0.2, 0) is 17.6 Å². The summed E-state index contributed by atoms with van der Waals surface area (Å²) in [6, 6.07) is 4.65. The van der Waals surface area contributed by atoms with Crippen molar-refractivity contribution in [1.29, 1.82) is 0 Å². The fraction of sp³-hybridized carbons (Fsp3) is 0.571. The van der Waals surface area contributed by atoms with Gasteiger partial charge in [0.1, 0.15) is 5.75 Å². The highest BCUT2D eigenvalue weighted by molar-refractivity contribution is 9.10. The predicted molar refractivity (Wildman–Crippen MR) is 76.4 cm³/mol. The van der Waals surface area contributed by atoms with E-state index >= 15 is 0 Å². The molecule has 0 radical (unpaired) electrons. The molecule has 0 amide bonds. The molecule has 1 heterocycles. The zero-order valence-corrected chi connectivity index (χ0v) is 12.5. The molecular formula is C14H20BrNO2. The summed E-state index contributed by atoms with van der Waals surface area (Å²) >= 11 is 3.58. The number of fused-ring (bicyclic) bond motifs is 1. The molecule has 1 aliphatic rings. The van der Waals surface area contributed by atoms with E-state index in [1.54, 1.807) is 7.11 Å². The van der Waals surface area contributed by atoms with Crippen molar-refractivity contribution < 1.29 is 9.47 Å². The quantitative estimate of drug-likeness (QED) is 0.875. The van der Waals surface area contributed by atoms with Crippen LogP contribution in [0.5, 0.6) is 5.75 Å². The molecule has 3 nitrogen and oxygen atoms in total. The first-order chi connectivity index (χ1) is 8.74. The van der Waals surface area contributed by atoms with Crippen molar-refractivity contribution in [3.63, 3.8) is 0 Å². The van der Waals surface area contributed by atoms with Crippen LogP contribution in [0.2, 0.25) is 0 Å². The summed E-state index contributed by atoms with van der Waals surface area (Å²) in [6.45, 7) is 4.58. The number of ether oxygens (including phenoxy) is 2. The average Bonchev–Trinajstić information content (AvgIpc) is 2.77. The van der Waals surface area contributed by atoms with Crippen LogP contribution in [0.1, 0.15) is 18.1 Å². The van der Waals surface area contributed by atoms with Gasteiger partial charge in [-0.25, -0.2) is 0 Å². The van der Waals surface area contributed by atoms with E-state index in [0.717, 1.165) is 42.8 Å². The van der Waals surface area contributed by atoms with Gasteiger partial charge in [0, 0.05) is 24.0 Å². The third-order valence-corrected chi connectivity index (χ3v) is 3.61. The molecule has 1 unspecified atom stereocenters. The molecular weight excluding hydrogens is 294 g/mol. The fourth-order valence-electron chi connectivity index (χ4n) is 2.44. The van der Waals surface area contributed by atoms with Crippen molar-refractivity contribution in [2.75, 3.05) is 26.9 Å². The Labute approximate surface area is 117 Å². The van der Waals surface area contributed by atoms with Crippen LogP contribution in [0.4, 0.5) is 0 Å². The highest BCUT2D eigenvalue weighted by atomic mass is 79.9. The van der Waals surface area contributed by atoms with E-state index in [2.05, 4.69) is 40.3 Å². The van der Waals surface area contributed by atoms with Gasteiger partial charge in [0.05, 0.1) is 13.2 Å². The van der Waals surface area contributed by atoms with Gasteiger partial charge in [-0.05, 0) is 36.2 Å². The Morgan fingerprint density at radius 2 is 2.33 bits per heavy atom. The highest BCUT2D eigenvalue weighted by Gasteiger charge is 2.19. The van der Waals surface area contributed by atoms with Gasteiger partial charge in [-0.1, -0.05) is 22.9 Å². The Hall–Kier alpha value is -0.580. The molecule has 0 bridgehead atoms. The van der Waals surface area contributed by atoms with Crippen molar-refractivity contribution >= 4 is 15.9 Å². The maximum absolute atomic E-state index is 5.75. The van der Waals surface area contributed by atoms with Gasteiger partial charge < -0.3 is 14.8 Å². The molecule has 1 atom stereocenters. The third kappa shape index (κ3) is 3.25. The van der Waals surface area contributed by atoms with Crippen LogP contribution in [0.25, 0.3) is 0 Å². The summed E-state index contributed by atoms with van der Waals surface area (Å²) in [7, 11) is 1.74. The van der Waals surface area contributed by atoms with E-state index in [1.165, 1.54) is 11.1 Å². The number of likely N-dealkylation sites (N-methyl/N-ethyl adjacent to an activating group) is 1. The van der Waals surface area contributed by atoms with Gasteiger partial charge in [-0.15, -0.1) is 0 Å². The number of nitrogens with one attached hydrogen (secondary N) is 1. The van der Waals surface area contributed by atoms with E-state index in [1.807, 2.05) is 0 Å². The minimum atomic E-state index is 0.336. The van der Waals surface area contributed by atoms with E-state index in [4.69, 9.17) is 9.47 Å². The molecule has 2 rings (SSSR count). The Morgan fingerprint density at radius 1 is 1.50 bits per heavy atom. The summed E-state index contributed by atoms with van der Waals surface area (Å²) in [5.41, 5.74) is 2.58. The van der Waals surface area contributed by atoms with Crippen molar-refractivity contribution in [2.45, 2.75) is 25.8 Å². The van der Waals surface area contributed by atoms with Crippen molar-refractivity contribution in [2.24, 2.45) is 0 Å². The molecule has 0 fully saturated rings. The number of halogens is 1. The second-order valence-corrected chi connectivity index (χ2v) is 5.48. The summed E-state index contributed by atoms with van der Waals surface area (Å²) in [6.07, 6.45) is 1.95. The van der Waals surface area contributed by atoms with Crippen LogP contribution in [-0.4, -0.2) is 32.9 Å². The second kappa shape index (κ2) is 6.55. The first kappa shape index (κ1) is 13.8. The maximum Gasteiger partial charge on any atom is 0.125 e. The number of hydrogen-bond donors (Lipinski definition) is 1. The predicted octanol–water partition coefficient (Wildman–Crippen LogP) is 2.55. The maximum atomic E-state index is 5.75. The lowest BCUT2D eigenvalue weighted by Gasteiger charge is -2.18. The Kier molecular flexibility index (Phi) is 5.03. The highest BCUT2D eigenvalue weighted by Crippen LogP contribution is 2.33. The normalized spacial score (nSPS) is 15.3. The van der Waals surface area contributed by atoms with Gasteiger partial charge in [0.2, 0.25) is 0 Å². The number of methoxy groups -OCH3 is 1. The van der Waals surface area contributed by atoms with Crippen molar-refractivity contribution in [1.82, 2.24) is 5.32 Å². The smallest absolute Gasteiger partial charge is 0.125 e. The summed E-state index contributed by atoms with van der Waals surface area (Å²) in [4.78, 5) is 0. The van der Waals surface area contributed by atoms with Crippen LogP contribution in [0.15, 0.2) is 16.6 Å². The Morgan fingerprint density at radius 3 is 3.06 bits per heavy atom. The lowest BCUT2D eigenvalue weighted by molar-refractivity contribution is 0.166. The summed E-state index contributed by atoms with van der Waals surface area (Å²) in [5, 5.41) is 3.45. The second-order valence-electron chi connectivity index (χ2n) is 4.57. The first-order valence-corrected chi connectivity index (χ1v) is 7.20. The number of hydrogen-bond acceptors (Lipinski definition) is 3. The van der Waals surface area contributed by atoms with Gasteiger partial charge in [-0.2, -0.15) is 0 Å². The molecule has 0 aliphatic carbocycles. The van der Waals surface area contributed by atoms with Gasteiger partial charge in [-0.3, -0.25) is 0 Å². The molecule has 0 saturated heterocycles. The van der Waals surface area contributed by atoms with E-state index in [9.17, 15) is 0 Å². The van der Waals surface area contributed by atoms with Crippen LogP contribution < -0.4 is 10.1 Å². The van der Waals surface area contributed by atoms with Crippen LogP contribution in [0.3, 0.4) is 0 Å². The molecule has 1 aliphatic heterocycles. The molecule has 1 N–H and O–H groups in total. The summed E-state index contributed by atoms with van der Waals surface area (Å²) in [5.74, 6) is 1.08. The van der Waals surface area contributed by atoms with Crippen molar-refractivity contribution in [3.8, 4) is 5.75 Å². The van der Waals surface area contributed by atoms with Gasteiger partial charge in [0.25, 0.3) is 0 Å². The van der Waals surface area contributed by atoms with Gasteiger partial charge in [0.15, 0.2) is 0 Å². The largest absolute Gasteiger partial charge is 0.493 e. The molecule has 100 valence electrons. The lowest BCUT2D eigenvalue weighted by Crippen LogP contribution is -2.35. The average molecular weight is 314 g/mol. The first-order valence-electron chi connectivity index (χ1n) is 6.41. The summed E-state index contributed by atoms with van der Waals surface area (Å²) < 4.78 is 12.1. The standard InChI is InChI=1S/C14H20BrNO2/c1-3-16-13(9-17-2)8-11-7-12(15)6-10-4-5-18-14(10)11/h6-7,13,16H,3-5,8-9H2,1-2H3. The number of benzene rings is 1.